The highest BCUT2D eigenvalue weighted by atomic mass is 32.2. The number of amides is 1. The molecule has 3 aromatic rings. The van der Waals surface area contributed by atoms with Gasteiger partial charge in [0, 0.05) is 17.4 Å². The van der Waals surface area contributed by atoms with E-state index in [9.17, 15) is 13.2 Å². The normalized spacial score (nSPS) is 14.4. The van der Waals surface area contributed by atoms with Gasteiger partial charge in [-0.3, -0.25) is 14.5 Å². The lowest BCUT2D eigenvalue weighted by molar-refractivity contribution is -0.117. The number of carbonyl (C=O) groups excluding carboxylic acids is 1. The minimum atomic E-state index is -3.48. The first kappa shape index (κ1) is 22.6. The van der Waals surface area contributed by atoms with Crippen molar-refractivity contribution in [3.63, 3.8) is 0 Å². The molecule has 1 amide bonds. The van der Waals surface area contributed by atoms with Crippen molar-refractivity contribution in [3.05, 3.63) is 54.6 Å². The number of anilines is 2. The molecule has 1 aliphatic carbocycles. The van der Waals surface area contributed by atoms with Crippen LogP contribution in [-0.4, -0.2) is 46.6 Å². The molecule has 1 atom stereocenters. The molecule has 0 radical (unpaired) electrons. The average molecular weight is 469 g/mol. The van der Waals surface area contributed by atoms with Crippen LogP contribution in [0.1, 0.15) is 37.8 Å². The third-order valence-corrected chi connectivity index (χ3v) is 7.04. The van der Waals surface area contributed by atoms with Gasteiger partial charge in [-0.15, -0.1) is 0 Å². The minimum absolute atomic E-state index is 0.0191. The summed E-state index contributed by atoms with van der Waals surface area (Å²) in [6.45, 7) is 1.87. The molecule has 1 saturated carbocycles. The first-order valence-electron chi connectivity index (χ1n) is 10.5. The Morgan fingerprint density at radius 3 is 2.58 bits per heavy atom. The summed E-state index contributed by atoms with van der Waals surface area (Å²) in [4.78, 5) is 29.7. The maximum Gasteiger partial charge on any atom is 0.237 e. The lowest BCUT2D eigenvalue weighted by atomic mass is 10.0. The van der Waals surface area contributed by atoms with E-state index in [-0.39, 0.29) is 17.1 Å². The standard InChI is InChI=1S/C22H24N6O4S/c1-3-17(18-10-11-24-22(27-18)28-33(30,31)16-8-9-16)21(29)25-15-6-4-14(5-7-15)19-12-23-13-20(26-19)32-2/h4-7,10-13,16-17H,3,8-9H2,1-2H3,(H,25,29)(H,24,27,28). The van der Waals surface area contributed by atoms with Gasteiger partial charge in [0.25, 0.3) is 0 Å². The number of hydrogen-bond donors (Lipinski definition) is 2. The van der Waals surface area contributed by atoms with Crippen LogP contribution in [0.2, 0.25) is 0 Å². The maximum absolute atomic E-state index is 12.9. The van der Waals surface area contributed by atoms with Crippen molar-refractivity contribution >= 4 is 27.6 Å². The molecule has 0 aliphatic heterocycles. The predicted molar refractivity (Wildman–Crippen MR) is 123 cm³/mol. The number of aromatic nitrogens is 4. The van der Waals surface area contributed by atoms with Crippen molar-refractivity contribution in [1.82, 2.24) is 19.9 Å². The van der Waals surface area contributed by atoms with Gasteiger partial charge in [-0.05, 0) is 37.5 Å². The van der Waals surface area contributed by atoms with E-state index in [1.165, 1.54) is 19.5 Å². The maximum atomic E-state index is 12.9. The number of ether oxygens (including phenoxy) is 1. The zero-order valence-electron chi connectivity index (χ0n) is 18.2. The summed E-state index contributed by atoms with van der Waals surface area (Å²) in [6, 6.07) is 8.82. The molecule has 2 heterocycles. The molecule has 11 heteroatoms. The molecule has 0 saturated heterocycles. The Morgan fingerprint density at radius 1 is 1.15 bits per heavy atom. The molecular formula is C22H24N6O4S. The zero-order chi connectivity index (χ0) is 23.4. The van der Waals surface area contributed by atoms with Crippen molar-refractivity contribution in [2.24, 2.45) is 0 Å². The molecule has 2 N–H and O–H groups in total. The van der Waals surface area contributed by atoms with Crippen molar-refractivity contribution in [2.75, 3.05) is 17.1 Å². The number of nitrogens with one attached hydrogen (secondary N) is 2. The molecule has 33 heavy (non-hydrogen) atoms. The van der Waals surface area contributed by atoms with Gasteiger partial charge in [0.2, 0.25) is 27.8 Å². The Labute approximate surface area is 191 Å². The molecule has 1 unspecified atom stereocenters. The highest BCUT2D eigenvalue weighted by Crippen LogP contribution is 2.29. The van der Waals surface area contributed by atoms with Crippen LogP contribution < -0.4 is 14.8 Å². The summed E-state index contributed by atoms with van der Waals surface area (Å²) >= 11 is 0. The fourth-order valence-electron chi connectivity index (χ4n) is 3.27. The van der Waals surface area contributed by atoms with E-state index in [1.807, 2.05) is 19.1 Å². The third kappa shape index (κ3) is 5.43. The highest BCUT2D eigenvalue weighted by Gasteiger charge is 2.36. The summed E-state index contributed by atoms with van der Waals surface area (Å²) in [5.74, 6) is -0.420. The fourth-order valence-corrected chi connectivity index (χ4v) is 4.55. The van der Waals surface area contributed by atoms with Crippen LogP contribution in [0.5, 0.6) is 5.88 Å². The Hall–Kier alpha value is -3.60. The summed E-state index contributed by atoms with van der Waals surface area (Å²) in [5.41, 5.74) is 2.54. The van der Waals surface area contributed by atoms with Crippen molar-refractivity contribution < 1.29 is 17.9 Å². The monoisotopic (exact) mass is 468 g/mol. The van der Waals surface area contributed by atoms with Gasteiger partial charge in [-0.2, -0.15) is 0 Å². The number of methoxy groups -OCH3 is 1. The van der Waals surface area contributed by atoms with Gasteiger partial charge >= 0.3 is 0 Å². The van der Waals surface area contributed by atoms with Crippen LogP contribution in [0.4, 0.5) is 11.6 Å². The number of nitrogens with zero attached hydrogens (tertiary/aromatic N) is 4. The largest absolute Gasteiger partial charge is 0.480 e. The molecule has 1 aromatic carbocycles. The second-order valence-electron chi connectivity index (χ2n) is 7.63. The van der Waals surface area contributed by atoms with Crippen LogP contribution in [0, 0.1) is 0 Å². The van der Waals surface area contributed by atoms with Crippen LogP contribution >= 0.6 is 0 Å². The van der Waals surface area contributed by atoms with Gasteiger partial charge < -0.3 is 10.1 Å². The summed E-state index contributed by atoms with van der Waals surface area (Å²) in [5, 5.41) is 2.50. The zero-order valence-corrected chi connectivity index (χ0v) is 19.0. The minimum Gasteiger partial charge on any atom is -0.480 e. The molecule has 0 bridgehead atoms. The van der Waals surface area contributed by atoms with Gasteiger partial charge in [0.15, 0.2) is 0 Å². The third-order valence-electron chi connectivity index (χ3n) is 5.23. The first-order chi connectivity index (χ1) is 15.9. The van der Waals surface area contributed by atoms with Crippen LogP contribution in [0.3, 0.4) is 0 Å². The quantitative estimate of drug-likeness (QED) is 0.489. The van der Waals surface area contributed by atoms with Crippen molar-refractivity contribution in [1.29, 1.82) is 0 Å². The van der Waals surface area contributed by atoms with Gasteiger partial charge in [0.1, 0.15) is 0 Å². The molecule has 1 aliphatic rings. The Kier molecular flexibility index (Phi) is 6.50. The lowest BCUT2D eigenvalue weighted by Gasteiger charge is -2.16. The van der Waals surface area contributed by atoms with Crippen LogP contribution in [0.25, 0.3) is 11.3 Å². The first-order valence-corrected chi connectivity index (χ1v) is 12.1. The number of hydrogen-bond acceptors (Lipinski definition) is 8. The highest BCUT2D eigenvalue weighted by molar-refractivity contribution is 7.93. The molecule has 0 spiro atoms. The van der Waals surface area contributed by atoms with Gasteiger partial charge in [-0.1, -0.05) is 19.1 Å². The summed E-state index contributed by atoms with van der Waals surface area (Å²) in [7, 11) is -1.96. The topological polar surface area (TPSA) is 136 Å². The Bertz CT molecular complexity index is 1250. The number of benzene rings is 1. The molecule has 4 rings (SSSR count). The molecular weight excluding hydrogens is 444 g/mol. The fraction of sp³-hybridized carbons (Fsp3) is 0.318. The van der Waals surface area contributed by atoms with Crippen LogP contribution in [0.15, 0.2) is 48.9 Å². The number of rotatable bonds is 9. The summed E-state index contributed by atoms with van der Waals surface area (Å²) < 4.78 is 31.9. The molecule has 172 valence electrons. The smallest absolute Gasteiger partial charge is 0.237 e. The van der Waals surface area contributed by atoms with Crippen LogP contribution in [-0.2, 0) is 14.8 Å². The van der Waals surface area contributed by atoms with E-state index in [0.29, 0.717) is 42.2 Å². The lowest BCUT2D eigenvalue weighted by Crippen LogP contribution is -2.23. The van der Waals surface area contributed by atoms with E-state index in [1.54, 1.807) is 24.4 Å². The molecule has 2 aromatic heterocycles. The Balaban J connectivity index is 1.46. The second-order valence-corrected chi connectivity index (χ2v) is 9.59. The molecule has 1 fully saturated rings. The van der Waals surface area contributed by atoms with Gasteiger partial charge in [-0.25, -0.2) is 23.4 Å². The molecule has 10 nitrogen and oxygen atoms in total. The van der Waals surface area contributed by atoms with E-state index in [0.717, 1.165) is 5.56 Å². The van der Waals surface area contributed by atoms with E-state index >= 15 is 0 Å². The number of sulfonamides is 1. The van der Waals surface area contributed by atoms with Crippen molar-refractivity contribution in [3.8, 4) is 17.1 Å². The Morgan fingerprint density at radius 2 is 1.91 bits per heavy atom. The van der Waals surface area contributed by atoms with E-state index in [4.69, 9.17) is 4.74 Å². The number of carbonyl (C=O) groups is 1. The predicted octanol–water partition coefficient (Wildman–Crippen LogP) is 2.98. The van der Waals surface area contributed by atoms with Gasteiger partial charge in [0.05, 0.1) is 42.1 Å². The van der Waals surface area contributed by atoms with Crippen molar-refractivity contribution in [2.45, 2.75) is 37.4 Å². The van der Waals surface area contributed by atoms with E-state index < -0.39 is 15.9 Å². The second kappa shape index (κ2) is 9.49. The summed E-state index contributed by atoms with van der Waals surface area (Å²) in [6.07, 6.45) is 6.37. The average Bonchev–Trinajstić information content (AvgIpc) is 3.66. The van der Waals surface area contributed by atoms with E-state index in [2.05, 4.69) is 30.0 Å². The SMILES string of the molecule is CCC(C(=O)Nc1ccc(-c2cncc(OC)n2)cc1)c1ccnc(NS(=O)(=O)C2CC2)n1.